The van der Waals surface area contributed by atoms with Crippen molar-refractivity contribution in [2.24, 2.45) is 5.41 Å². The average molecular weight is 273 g/mol. The van der Waals surface area contributed by atoms with Gasteiger partial charge >= 0.3 is 0 Å². The van der Waals surface area contributed by atoms with Crippen LogP contribution in [0.2, 0.25) is 0 Å². The molecule has 1 aromatic heterocycles. The number of rotatable bonds is 3. The first-order chi connectivity index (χ1) is 6.43. The predicted octanol–water partition coefficient (Wildman–Crippen LogP) is -1.50. The van der Waals surface area contributed by atoms with Crippen molar-refractivity contribution in [1.29, 1.82) is 0 Å². The van der Waals surface area contributed by atoms with E-state index in [0.717, 1.165) is 0 Å². The molecule has 0 bridgehead atoms. The maximum atomic E-state index is 11.7. The molecular formula is C11H17BrN2O. The van der Waals surface area contributed by atoms with Crippen molar-refractivity contribution >= 4 is 12.0 Å². The summed E-state index contributed by atoms with van der Waals surface area (Å²) in [5.74, 6) is 0.226. The van der Waals surface area contributed by atoms with Crippen molar-refractivity contribution in [1.82, 2.24) is 4.57 Å². The molecule has 0 unspecified atom stereocenters. The van der Waals surface area contributed by atoms with E-state index in [1.165, 1.54) is 0 Å². The molecule has 84 valence electrons. The first-order valence-corrected chi connectivity index (χ1v) is 4.66. The van der Waals surface area contributed by atoms with Crippen molar-refractivity contribution in [3.05, 3.63) is 25.3 Å². The number of imidazole rings is 1. The Hall–Kier alpha value is -0.900. The molecule has 0 spiro atoms. The Morgan fingerprint density at radius 3 is 2.53 bits per heavy atom. The fourth-order valence-electron chi connectivity index (χ4n) is 1.02. The average Bonchev–Trinajstić information content (AvgIpc) is 2.50. The highest BCUT2D eigenvalue weighted by atomic mass is 79.9. The lowest BCUT2D eigenvalue weighted by Gasteiger charge is -2.14. The topological polar surface area (TPSA) is 25.9 Å². The number of carbonyl (C=O) groups excluding carboxylic acids is 1. The molecule has 0 saturated heterocycles. The quantitative estimate of drug-likeness (QED) is 0.615. The van der Waals surface area contributed by atoms with Gasteiger partial charge in [-0.25, -0.2) is 9.13 Å². The van der Waals surface area contributed by atoms with Crippen LogP contribution in [0, 0.1) is 5.41 Å². The minimum absolute atomic E-state index is 0. The first-order valence-electron chi connectivity index (χ1n) is 4.66. The summed E-state index contributed by atoms with van der Waals surface area (Å²) in [6.07, 6.45) is 7.27. The largest absolute Gasteiger partial charge is 1.00 e. The lowest BCUT2D eigenvalue weighted by molar-refractivity contribution is -0.683. The van der Waals surface area contributed by atoms with E-state index >= 15 is 0 Å². The molecule has 15 heavy (non-hydrogen) atoms. The number of carbonyl (C=O) groups is 1. The van der Waals surface area contributed by atoms with Crippen LogP contribution >= 0.6 is 0 Å². The van der Waals surface area contributed by atoms with Gasteiger partial charge < -0.3 is 17.0 Å². The van der Waals surface area contributed by atoms with E-state index in [2.05, 4.69) is 6.58 Å². The molecule has 3 nitrogen and oxygen atoms in total. The van der Waals surface area contributed by atoms with E-state index in [4.69, 9.17) is 0 Å². The van der Waals surface area contributed by atoms with Crippen LogP contribution < -0.4 is 21.5 Å². The van der Waals surface area contributed by atoms with Gasteiger partial charge in [0.1, 0.15) is 18.9 Å². The summed E-state index contributed by atoms with van der Waals surface area (Å²) in [6, 6.07) is 0. The zero-order valence-corrected chi connectivity index (χ0v) is 11.0. The monoisotopic (exact) mass is 272 g/mol. The Bertz CT molecular complexity index is 350. The molecule has 0 aromatic carbocycles. The Balaban J connectivity index is 0.00000196. The van der Waals surface area contributed by atoms with E-state index < -0.39 is 0 Å². The van der Waals surface area contributed by atoms with Crippen LogP contribution in [0.25, 0.3) is 6.20 Å². The van der Waals surface area contributed by atoms with Crippen molar-refractivity contribution < 1.29 is 26.3 Å². The Morgan fingerprint density at radius 2 is 2.13 bits per heavy atom. The highest BCUT2D eigenvalue weighted by Crippen LogP contribution is 2.13. The normalized spacial score (nSPS) is 10.6. The molecule has 0 fully saturated rings. The number of ketones is 1. The van der Waals surface area contributed by atoms with Crippen LogP contribution in [0.5, 0.6) is 0 Å². The third-order valence-electron chi connectivity index (χ3n) is 2.09. The van der Waals surface area contributed by atoms with Gasteiger partial charge in [-0.1, -0.05) is 27.4 Å². The van der Waals surface area contributed by atoms with Crippen molar-refractivity contribution in [2.75, 3.05) is 0 Å². The summed E-state index contributed by atoms with van der Waals surface area (Å²) < 4.78 is 3.67. The van der Waals surface area contributed by atoms with Crippen molar-refractivity contribution in [3.8, 4) is 0 Å². The van der Waals surface area contributed by atoms with Gasteiger partial charge in [0.25, 0.3) is 0 Å². The summed E-state index contributed by atoms with van der Waals surface area (Å²) in [4.78, 5) is 11.7. The summed E-state index contributed by atoms with van der Waals surface area (Å²) in [5, 5.41) is 0. The summed E-state index contributed by atoms with van der Waals surface area (Å²) in [5.41, 5.74) is -0.275. The standard InChI is InChI=1S/C11H17N2O.BrH/c1-5-12-6-7-13(9-12)8-10(14)11(2,3)4;/h5-7,9H,1,8H2,2-4H3;1H/q+1;/p-1. The minimum Gasteiger partial charge on any atom is -1.00 e. The second kappa shape index (κ2) is 5.26. The second-order valence-electron chi connectivity index (χ2n) is 4.39. The fourth-order valence-corrected chi connectivity index (χ4v) is 1.02. The molecule has 0 radical (unpaired) electrons. The molecule has 0 N–H and O–H groups in total. The molecule has 1 rings (SSSR count). The van der Waals surface area contributed by atoms with Crippen LogP contribution in [0.4, 0.5) is 0 Å². The van der Waals surface area contributed by atoms with E-state index in [9.17, 15) is 4.79 Å². The van der Waals surface area contributed by atoms with Gasteiger partial charge in [-0.3, -0.25) is 4.79 Å². The summed E-state index contributed by atoms with van der Waals surface area (Å²) in [7, 11) is 0. The Kier molecular flexibility index (Phi) is 4.94. The molecule has 0 amide bonds. The SMILES string of the molecule is C=Cn1cc[n+](CC(=O)C(C)(C)C)c1.[Br-]. The van der Waals surface area contributed by atoms with Crippen molar-refractivity contribution in [3.63, 3.8) is 0 Å². The smallest absolute Gasteiger partial charge is 0.248 e. The molecule has 1 aromatic rings. The van der Waals surface area contributed by atoms with Gasteiger partial charge in [0.05, 0.1) is 6.20 Å². The molecular weight excluding hydrogens is 256 g/mol. The number of nitrogens with zero attached hydrogens (tertiary/aromatic N) is 2. The highest BCUT2D eigenvalue weighted by Gasteiger charge is 2.23. The number of aromatic nitrogens is 2. The van der Waals surface area contributed by atoms with E-state index in [0.29, 0.717) is 6.54 Å². The highest BCUT2D eigenvalue weighted by molar-refractivity contribution is 5.82. The van der Waals surface area contributed by atoms with Gasteiger partial charge in [0.2, 0.25) is 6.33 Å². The molecule has 1 heterocycles. The molecule has 0 aliphatic heterocycles. The fraction of sp³-hybridized carbons (Fsp3) is 0.455. The third kappa shape index (κ3) is 4.00. The minimum atomic E-state index is -0.275. The van der Waals surface area contributed by atoms with Crippen LogP contribution in [-0.2, 0) is 11.3 Å². The zero-order chi connectivity index (χ0) is 10.8. The number of hydrogen-bond acceptors (Lipinski definition) is 1. The van der Waals surface area contributed by atoms with E-state index in [-0.39, 0.29) is 28.2 Å². The van der Waals surface area contributed by atoms with Crippen LogP contribution in [-0.4, -0.2) is 10.4 Å². The van der Waals surface area contributed by atoms with E-state index in [1.54, 1.807) is 6.20 Å². The van der Waals surface area contributed by atoms with Crippen LogP contribution in [0.3, 0.4) is 0 Å². The summed E-state index contributed by atoms with van der Waals surface area (Å²) in [6.45, 7) is 9.85. The molecule has 0 aliphatic carbocycles. The molecule has 4 heteroatoms. The maximum Gasteiger partial charge on any atom is 0.248 e. The molecule has 0 saturated carbocycles. The van der Waals surface area contributed by atoms with Gasteiger partial charge in [-0.05, 0) is 0 Å². The number of halogens is 1. The maximum absolute atomic E-state index is 11.7. The van der Waals surface area contributed by atoms with Gasteiger partial charge in [-0.2, -0.15) is 0 Å². The number of Topliss-reactive ketones (excluding diaryl/α,β-unsaturated/α-hetero) is 1. The molecule has 0 aliphatic rings. The lowest BCUT2D eigenvalue weighted by atomic mass is 9.91. The van der Waals surface area contributed by atoms with Gasteiger partial charge in [-0.15, -0.1) is 0 Å². The van der Waals surface area contributed by atoms with Gasteiger partial charge in [0.15, 0.2) is 5.78 Å². The zero-order valence-electron chi connectivity index (χ0n) is 9.40. The Morgan fingerprint density at radius 1 is 1.53 bits per heavy atom. The van der Waals surface area contributed by atoms with Crippen LogP contribution in [0.1, 0.15) is 20.8 Å². The third-order valence-corrected chi connectivity index (χ3v) is 2.09. The van der Waals surface area contributed by atoms with Gasteiger partial charge in [0, 0.05) is 5.41 Å². The number of hydrogen-bond donors (Lipinski definition) is 0. The molecule has 0 atom stereocenters. The van der Waals surface area contributed by atoms with E-state index in [1.807, 2.05) is 48.6 Å². The second-order valence-corrected chi connectivity index (χ2v) is 4.39. The first kappa shape index (κ1) is 14.1. The Labute approximate surface area is 101 Å². The van der Waals surface area contributed by atoms with Crippen LogP contribution in [0.15, 0.2) is 25.3 Å². The van der Waals surface area contributed by atoms with Crippen molar-refractivity contribution in [2.45, 2.75) is 27.3 Å². The predicted molar refractivity (Wildman–Crippen MR) is 55.5 cm³/mol. The lowest BCUT2D eigenvalue weighted by Crippen LogP contribution is -3.00. The summed E-state index contributed by atoms with van der Waals surface area (Å²) >= 11 is 0.